The first-order valence-corrected chi connectivity index (χ1v) is 10.0. The van der Waals surface area contributed by atoms with Crippen molar-refractivity contribution in [1.29, 1.82) is 0 Å². The van der Waals surface area contributed by atoms with Gasteiger partial charge >= 0.3 is 0 Å². The molecule has 0 amide bonds. The molecule has 0 fully saturated rings. The van der Waals surface area contributed by atoms with Gasteiger partial charge in [-0.05, 0) is 42.5 Å². The van der Waals surface area contributed by atoms with E-state index < -0.39 is 0 Å². The second-order valence-corrected chi connectivity index (χ2v) is 7.10. The van der Waals surface area contributed by atoms with Gasteiger partial charge in [0.25, 0.3) is 0 Å². The van der Waals surface area contributed by atoms with E-state index in [0.717, 1.165) is 17.7 Å². The summed E-state index contributed by atoms with van der Waals surface area (Å²) in [6, 6.07) is 21.6. The molecule has 0 radical (unpaired) electrons. The van der Waals surface area contributed by atoms with E-state index in [-0.39, 0.29) is 5.95 Å². The van der Waals surface area contributed by atoms with E-state index in [1.807, 2.05) is 42.5 Å². The average Bonchev–Trinajstić information content (AvgIpc) is 2.79. The molecule has 32 heavy (non-hydrogen) atoms. The highest BCUT2D eigenvalue weighted by molar-refractivity contribution is 6.30. The highest BCUT2D eigenvalue weighted by Gasteiger charge is 2.09. The minimum Gasteiger partial charge on any atom is -0.497 e. The van der Waals surface area contributed by atoms with Gasteiger partial charge in [-0.1, -0.05) is 35.9 Å². The molecule has 0 spiro atoms. The molecule has 3 N–H and O–H groups in total. The van der Waals surface area contributed by atoms with E-state index >= 15 is 0 Å². The molecule has 0 bridgehead atoms. The predicted octanol–water partition coefficient (Wildman–Crippen LogP) is 5.58. The molecule has 0 aliphatic carbocycles. The Bertz CT molecular complexity index is 1250. The van der Waals surface area contributed by atoms with E-state index in [9.17, 15) is 4.79 Å². The third kappa shape index (κ3) is 5.50. The second-order valence-electron chi connectivity index (χ2n) is 6.67. The Balaban J connectivity index is 1.67. The maximum absolute atomic E-state index is 11.1. The number of aromatic nitrogens is 3. The summed E-state index contributed by atoms with van der Waals surface area (Å²) in [7, 11) is 1.60. The van der Waals surface area contributed by atoms with Crippen molar-refractivity contribution in [3.63, 3.8) is 0 Å². The van der Waals surface area contributed by atoms with Gasteiger partial charge in [-0.25, -0.2) is 0 Å². The molecule has 4 rings (SSSR count). The fourth-order valence-corrected chi connectivity index (χ4v) is 3.08. The smallest absolute Gasteiger partial charge is 0.233 e. The highest BCUT2D eigenvalue weighted by atomic mass is 35.5. The third-order valence-electron chi connectivity index (χ3n) is 4.32. The first-order chi connectivity index (χ1) is 15.6. The number of nitrogens with one attached hydrogen (secondary N) is 3. The van der Waals surface area contributed by atoms with Gasteiger partial charge in [0.1, 0.15) is 12.0 Å². The number of methoxy groups -OCH3 is 1. The largest absolute Gasteiger partial charge is 0.497 e. The number of hydrogen-bond donors (Lipinski definition) is 3. The molecule has 0 saturated heterocycles. The Morgan fingerprint density at radius 2 is 1.28 bits per heavy atom. The van der Waals surface area contributed by atoms with Crippen LogP contribution >= 0.6 is 11.6 Å². The van der Waals surface area contributed by atoms with E-state index in [1.54, 1.807) is 37.4 Å². The zero-order valence-electron chi connectivity index (χ0n) is 17.0. The fraction of sp³-hybridized carbons (Fsp3) is 0.0435. The number of hydrogen-bond acceptors (Lipinski definition) is 8. The molecule has 4 aromatic rings. The number of nitrogens with zero attached hydrogens (tertiary/aromatic N) is 3. The number of rotatable bonds is 8. The molecule has 0 aliphatic heterocycles. The summed E-state index contributed by atoms with van der Waals surface area (Å²) < 4.78 is 5.27. The summed E-state index contributed by atoms with van der Waals surface area (Å²) in [4.78, 5) is 24.5. The van der Waals surface area contributed by atoms with Crippen LogP contribution in [-0.2, 0) is 0 Å². The van der Waals surface area contributed by atoms with E-state index in [2.05, 4.69) is 30.9 Å². The Hall–Kier alpha value is -4.17. The van der Waals surface area contributed by atoms with Crippen LogP contribution in [0.5, 0.6) is 5.75 Å². The van der Waals surface area contributed by atoms with E-state index in [0.29, 0.717) is 33.9 Å². The van der Waals surface area contributed by atoms with Crippen molar-refractivity contribution in [2.75, 3.05) is 23.1 Å². The van der Waals surface area contributed by atoms with Crippen molar-refractivity contribution in [2.45, 2.75) is 0 Å². The van der Waals surface area contributed by atoms with Gasteiger partial charge in [-0.2, -0.15) is 15.0 Å². The summed E-state index contributed by atoms with van der Waals surface area (Å²) in [6.45, 7) is 0. The molecule has 1 aromatic heterocycles. The Morgan fingerprint density at radius 3 is 1.84 bits per heavy atom. The van der Waals surface area contributed by atoms with Crippen molar-refractivity contribution < 1.29 is 9.53 Å². The van der Waals surface area contributed by atoms with Gasteiger partial charge in [0, 0.05) is 33.7 Å². The molecule has 9 heteroatoms. The zero-order chi connectivity index (χ0) is 22.3. The monoisotopic (exact) mass is 446 g/mol. The first-order valence-electron chi connectivity index (χ1n) is 9.63. The third-order valence-corrected chi connectivity index (χ3v) is 4.56. The summed E-state index contributed by atoms with van der Waals surface area (Å²) in [6.07, 6.45) is 0.778. The summed E-state index contributed by atoms with van der Waals surface area (Å²) in [5.74, 6) is 1.61. The number of carbonyl (C=O) groups excluding carboxylic acids is 1. The minimum absolute atomic E-state index is 0.290. The lowest BCUT2D eigenvalue weighted by Gasteiger charge is -2.12. The number of carbonyl (C=O) groups is 1. The molecular weight excluding hydrogens is 428 g/mol. The van der Waals surface area contributed by atoms with Crippen LogP contribution in [0, 0.1) is 0 Å². The number of halogens is 1. The molecule has 0 atom stereocenters. The molecule has 1 heterocycles. The Morgan fingerprint density at radius 1 is 0.750 bits per heavy atom. The minimum atomic E-state index is 0.290. The molecule has 0 saturated carbocycles. The van der Waals surface area contributed by atoms with E-state index in [4.69, 9.17) is 16.3 Å². The number of aldehydes is 1. The lowest BCUT2D eigenvalue weighted by Crippen LogP contribution is -2.07. The second kappa shape index (κ2) is 9.76. The molecular formula is C23H19ClN6O2. The standard InChI is InChI=1S/C23H19ClN6O2/c1-32-20-10-4-9-19(13-20)27-23-29-21(25-17-7-2-5-15(11-17)14-31)28-22(30-23)26-18-8-3-6-16(24)12-18/h2-14H,1H3,(H3,25,26,27,28,29,30). The maximum atomic E-state index is 11.1. The van der Waals surface area contributed by atoms with Gasteiger partial charge in [-0.3, -0.25) is 4.79 Å². The SMILES string of the molecule is COc1cccc(Nc2nc(Nc3cccc(Cl)c3)nc(Nc3cccc(C=O)c3)n2)c1. The van der Waals surface area contributed by atoms with Crippen molar-refractivity contribution in [3.05, 3.63) is 83.4 Å². The molecule has 0 unspecified atom stereocenters. The number of benzene rings is 3. The van der Waals surface area contributed by atoms with Crippen molar-refractivity contribution in [2.24, 2.45) is 0 Å². The summed E-state index contributed by atoms with van der Waals surface area (Å²) >= 11 is 6.09. The molecule has 3 aromatic carbocycles. The van der Waals surface area contributed by atoms with Crippen molar-refractivity contribution in [3.8, 4) is 5.75 Å². The average molecular weight is 447 g/mol. The summed E-state index contributed by atoms with van der Waals surface area (Å²) in [5, 5.41) is 9.99. The van der Waals surface area contributed by atoms with Crippen LogP contribution in [0.4, 0.5) is 34.9 Å². The van der Waals surface area contributed by atoms with Gasteiger partial charge < -0.3 is 20.7 Å². The van der Waals surface area contributed by atoms with Gasteiger partial charge in [0.05, 0.1) is 7.11 Å². The van der Waals surface area contributed by atoms with Crippen LogP contribution in [0.2, 0.25) is 5.02 Å². The van der Waals surface area contributed by atoms with E-state index in [1.165, 1.54) is 0 Å². The quantitative estimate of drug-likeness (QED) is 0.302. The molecule has 8 nitrogen and oxygen atoms in total. The maximum Gasteiger partial charge on any atom is 0.233 e. The van der Waals surface area contributed by atoms with Crippen molar-refractivity contribution >= 4 is 52.8 Å². The normalized spacial score (nSPS) is 10.3. The summed E-state index contributed by atoms with van der Waals surface area (Å²) in [5.41, 5.74) is 2.68. The predicted molar refractivity (Wildman–Crippen MR) is 126 cm³/mol. The van der Waals surface area contributed by atoms with Crippen LogP contribution < -0.4 is 20.7 Å². The lowest BCUT2D eigenvalue weighted by molar-refractivity contribution is 0.112. The van der Waals surface area contributed by atoms with Gasteiger partial charge in [0.15, 0.2) is 0 Å². The molecule has 0 aliphatic rings. The van der Waals surface area contributed by atoms with Crippen LogP contribution in [0.3, 0.4) is 0 Å². The van der Waals surface area contributed by atoms with Crippen LogP contribution in [0.25, 0.3) is 0 Å². The van der Waals surface area contributed by atoms with Crippen LogP contribution in [0.1, 0.15) is 10.4 Å². The first kappa shape index (κ1) is 21.1. The Labute approximate surface area is 189 Å². The van der Waals surface area contributed by atoms with Gasteiger partial charge in [0.2, 0.25) is 17.8 Å². The fourth-order valence-electron chi connectivity index (χ4n) is 2.89. The number of ether oxygens (including phenoxy) is 1. The molecule has 160 valence electrons. The topological polar surface area (TPSA) is 101 Å². The number of anilines is 6. The van der Waals surface area contributed by atoms with Crippen molar-refractivity contribution in [1.82, 2.24) is 15.0 Å². The zero-order valence-corrected chi connectivity index (χ0v) is 17.8. The van der Waals surface area contributed by atoms with Crippen LogP contribution in [0.15, 0.2) is 72.8 Å². The highest BCUT2D eigenvalue weighted by Crippen LogP contribution is 2.24. The lowest BCUT2D eigenvalue weighted by atomic mass is 10.2. The van der Waals surface area contributed by atoms with Crippen LogP contribution in [-0.4, -0.2) is 28.3 Å². The Kier molecular flexibility index (Phi) is 6.43. The van der Waals surface area contributed by atoms with Gasteiger partial charge in [-0.15, -0.1) is 0 Å².